The average molecular weight is 218 g/mol. The lowest BCUT2D eigenvalue weighted by molar-refractivity contribution is 1.00. The van der Waals surface area contributed by atoms with Crippen molar-refractivity contribution < 1.29 is 0 Å². The van der Waals surface area contributed by atoms with Crippen molar-refractivity contribution in [3.05, 3.63) is 0 Å². The third kappa shape index (κ3) is 7.88. The van der Waals surface area contributed by atoms with E-state index < -0.39 is 0 Å². The van der Waals surface area contributed by atoms with Crippen LogP contribution in [-0.2, 0) is 0 Å². The maximum absolute atomic E-state index is 8.11. The Morgan fingerprint density at radius 2 is 2.20 bits per heavy atom. The van der Waals surface area contributed by atoms with Gasteiger partial charge < -0.3 is 0 Å². The normalized spacial score (nSPS) is 7.60. The summed E-state index contributed by atoms with van der Waals surface area (Å²) in [7, 11) is 0. The fourth-order valence-corrected chi connectivity index (χ4v) is 0.882. The lowest BCUT2D eigenvalue weighted by atomic mass is 10.3. The first-order chi connectivity index (χ1) is 4.91. The molecule has 0 aliphatic heterocycles. The molecule has 0 radical (unpaired) electrons. The molecule has 1 nitrogen and oxygen atoms in total. The van der Waals surface area contributed by atoms with E-state index >= 15 is 0 Å². The van der Waals surface area contributed by atoms with Gasteiger partial charge in [-0.25, -0.2) is 0 Å². The van der Waals surface area contributed by atoms with Crippen LogP contribution in [0.2, 0.25) is 0 Å². The summed E-state index contributed by atoms with van der Waals surface area (Å²) in [6.45, 7) is 0. The van der Waals surface area contributed by atoms with Gasteiger partial charge in [0.25, 0.3) is 0 Å². The number of nitriles is 1. The predicted octanol–water partition coefficient (Wildman–Crippen LogP) is 2.38. The summed E-state index contributed by atoms with van der Waals surface area (Å²) < 4.78 is 0. The topological polar surface area (TPSA) is 23.8 Å². The van der Waals surface area contributed by atoms with Crippen LogP contribution in [0.5, 0.6) is 0 Å². The molecule has 0 aliphatic carbocycles. The molecule has 0 unspecified atom stereocenters. The second-order valence-corrected chi connectivity index (χ2v) is 3.08. The van der Waals surface area contributed by atoms with E-state index in [9.17, 15) is 0 Å². The van der Waals surface area contributed by atoms with Crippen LogP contribution in [0.4, 0.5) is 0 Å². The molecule has 10 heavy (non-hydrogen) atoms. The molecule has 0 spiro atoms. The highest BCUT2D eigenvalue weighted by Gasteiger charge is 1.78. The SMILES string of the molecule is N#CSCC#CCCCBr. The summed E-state index contributed by atoms with van der Waals surface area (Å²) in [5.74, 6) is 6.50. The summed E-state index contributed by atoms with van der Waals surface area (Å²) >= 11 is 4.49. The molecule has 0 aliphatic rings. The van der Waals surface area contributed by atoms with Gasteiger partial charge in [0, 0.05) is 11.8 Å². The molecule has 0 amide bonds. The third-order valence-electron chi connectivity index (χ3n) is 0.769. The Morgan fingerprint density at radius 3 is 2.80 bits per heavy atom. The zero-order chi connectivity index (χ0) is 7.66. The van der Waals surface area contributed by atoms with Crippen LogP contribution in [-0.4, -0.2) is 11.1 Å². The molecule has 0 aromatic heterocycles. The zero-order valence-corrected chi connectivity index (χ0v) is 7.96. The highest BCUT2D eigenvalue weighted by molar-refractivity contribution is 9.09. The van der Waals surface area contributed by atoms with Gasteiger partial charge in [-0.1, -0.05) is 21.9 Å². The summed E-state index contributed by atoms with van der Waals surface area (Å²) in [5, 5.41) is 11.1. The van der Waals surface area contributed by atoms with Crippen LogP contribution in [0.1, 0.15) is 12.8 Å². The molecule has 0 bridgehead atoms. The van der Waals surface area contributed by atoms with Gasteiger partial charge >= 0.3 is 0 Å². The number of nitrogens with zero attached hydrogens (tertiary/aromatic N) is 1. The monoisotopic (exact) mass is 217 g/mol. The molecule has 54 valence electrons. The fraction of sp³-hybridized carbons (Fsp3) is 0.571. The molecule has 0 rings (SSSR count). The number of rotatable bonds is 3. The summed E-state index contributed by atoms with van der Waals surface area (Å²) in [6.07, 6.45) is 2.02. The van der Waals surface area contributed by atoms with Crippen LogP contribution in [0.25, 0.3) is 0 Å². The van der Waals surface area contributed by atoms with Crippen LogP contribution in [0.3, 0.4) is 0 Å². The van der Waals surface area contributed by atoms with Crippen LogP contribution in [0, 0.1) is 22.5 Å². The van der Waals surface area contributed by atoms with Gasteiger partial charge in [-0.2, -0.15) is 5.26 Å². The Morgan fingerprint density at radius 1 is 1.40 bits per heavy atom. The fourth-order valence-electron chi connectivity index (χ4n) is 0.363. The number of unbranched alkanes of at least 4 members (excludes halogenated alkanes) is 1. The summed E-state index contributed by atoms with van der Waals surface area (Å²) in [4.78, 5) is 0. The highest BCUT2D eigenvalue weighted by Crippen LogP contribution is 1.94. The van der Waals surface area contributed by atoms with Gasteiger partial charge in [0.1, 0.15) is 5.40 Å². The Labute approximate surface area is 74.3 Å². The van der Waals surface area contributed by atoms with E-state index in [1.54, 1.807) is 0 Å². The molecule has 0 saturated heterocycles. The number of alkyl halides is 1. The Hall–Kier alpha value is -0.120. The summed E-state index contributed by atoms with van der Waals surface area (Å²) in [6, 6.07) is 0. The lowest BCUT2D eigenvalue weighted by Crippen LogP contribution is -1.72. The number of halogens is 1. The molecule has 0 fully saturated rings. The second kappa shape index (κ2) is 8.88. The Balaban J connectivity index is 3.08. The van der Waals surface area contributed by atoms with Crippen molar-refractivity contribution in [1.29, 1.82) is 5.26 Å². The van der Waals surface area contributed by atoms with Crippen LogP contribution < -0.4 is 0 Å². The maximum Gasteiger partial charge on any atom is 0.134 e. The van der Waals surface area contributed by atoms with Crippen molar-refractivity contribution >= 4 is 27.7 Å². The number of hydrogen-bond acceptors (Lipinski definition) is 2. The second-order valence-electron chi connectivity index (χ2n) is 1.53. The molecule has 0 aromatic rings. The lowest BCUT2D eigenvalue weighted by Gasteiger charge is -1.81. The minimum Gasteiger partial charge on any atom is -0.185 e. The van der Waals surface area contributed by atoms with Gasteiger partial charge in [0.2, 0.25) is 0 Å². The van der Waals surface area contributed by atoms with E-state index in [0.29, 0.717) is 5.75 Å². The highest BCUT2D eigenvalue weighted by atomic mass is 79.9. The van der Waals surface area contributed by atoms with Crippen molar-refractivity contribution in [2.45, 2.75) is 12.8 Å². The van der Waals surface area contributed by atoms with E-state index in [0.717, 1.165) is 18.2 Å². The molecular weight excluding hydrogens is 210 g/mol. The Kier molecular flexibility index (Phi) is 8.77. The van der Waals surface area contributed by atoms with E-state index in [2.05, 4.69) is 27.8 Å². The zero-order valence-electron chi connectivity index (χ0n) is 5.56. The smallest absolute Gasteiger partial charge is 0.134 e. The first-order valence-corrected chi connectivity index (χ1v) is 5.05. The van der Waals surface area contributed by atoms with Gasteiger partial charge in [-0.3, -0.25) is 0 Å². The molecule has 0 saturated carbocycles. The van der Waals surface area contributed by atoms with Crippen molar-refractivity contribution in [2.24, 2.45) is 0 Å². The standard InChI is InChI=1S/C7H8BrNS/c8-5-3-1-2-4-6-10-7-9/h1,3,5-6H2. The molecule has 0 atom stereocenters. The van der Waals surface area contributed by atoms with Crippen molar-refractivity contribution in [3.63, 3.8) is 0 Å². The van der Waals surface area contributed by atoms with E-state index in [1.165, 1.54) is 11.8 Å². The number of hydrogen-bond donors (Lipinski definition) is 0. The number of thiocyanates is 1. The molecule has 0 N–H and O–H groups in total. The largest absolute Gasteiger partial charge is 0.185 e. The van der Waals surface area contributed by atoms with Gasteiger partial charge in [-0.05, 0) is 18.2 Å². The van der Waals surface area contributed by atoms with Gasteiger partial charge in [0.05, 0.1) is 5.75 Å². The van der Waals surface area contributed by atoms with E-state index in [1.807, 2.05) is 5.40 Å². The maximum atomic E-state index is 8.11. The van der Waals surface area contributed by atoms with E-state index in [-0.39, 0.29) is 0 Å². The molecule has 0 aromatic carbocycles. The third-order valence-corrected chi connectivity index (χ3v) is 1.75. The summed E-state index contributed by atoms with van der Waals surface area (Å²) in [5.41, 5.74) is 0. The van der Waals surface area contributed by atoms with Crippen molar-refractivity contribution in [3.8, 4) is 17.2 Å². The van der Waals surface area contributed by atoms with Gasteiger partial charge in [-0.15, -0.1) is 5.92 Å². The minimum atomic E-state index is 0.638. The van der Waals surface area contributed by atoms with Crippen molar-refractivity contribution in [2.75, 3.05) is 11.1 Å². The van der Waals surface area contributed by atoms with Crippen LogP contribution >= 0.6 is 27.7 Å². The predicted molar refractivity (Wildman–Crippen MR) is 48.9 cm³/mol. The first kappa shape index (κ1) is 9.88. The molecular formula is C7H8BrNS. The average Bonchev–Trinajstić information content (AvgIpc) is 1.97. The molecule has 0 heterocycles. The Bertz CT molecular complexity index is 163. The minimum absolute atomic E-state index is 0.638. The van der Waals surface area contributed by atoms with E-state index in [4.69, 9.17) is 5.26 Å². The van der Waals surface area contributed by atoms with Crippen molar-refractivity contribution in [1.82, 2.24) is 0 Å². The number of thioether (sulfide) groups is 1. The quantitative estimate of drug-likeness (QED) is 0.314. The van der Waals surface area contributed by atoms with Gasteiger partial charge in [0.15, 0.2) is 0 Å². The van der Waals surface area contributed by atoms with Crippen LogP contribution in [0.15, 0.2) is 0 Å². The first-order valence-electron chi connectivity index (χ1n) is 2.94. The molecule has 3 heteroatoms.